The molecule has 4 heteroatoms. The van der Waals surface area contributed by atoms with E-state index in [0.29, 0.717) is 24.1 Å². The van der Waals surface area contributed by atoms with Crippen LogP contribution < -0.4 is 5.73 Å². The van der Waals surface area contributed by atoms with Crippen LogP contribution in [0.3, 0.4) is 0 Å². The van der Waals surface area contributed by atoms with Gasteiger partial charge < -0.3 is 5.73 Å². The van der Waals surface area contributed by atoms with Crippen LogP contribution in [-0.4, -0.2) is 6.54 Å². The van der Waals surface area contributed by atoms with Crippen molar-refractivity contribution in [3.8, 4) is 0 Å². The highest BCUT2D eigenvalue weighted by molar-refractivity contribution is 5.34. The van der Waals surface area contributed by atoms with Gasteiger partial charge in [0.2, 0.25) is 0 Å². The molecule has 0 saturated carbocycles. The van der Waals surface area contributed by atoms with E-state index in [-0.39, 0.29) is 5.92 Å². The molecule has 0 fully saturated rings. The lowest BCUT2D eigenvalue weighted by Crippen LogP contribution is -2.12. The summed E-state index contributed by atoms with van der Waals surface area (Å²) >= 11 is 0. The maximum Gasteiger partial charge on any atom is 0.416 e. The first-order valence-electron chi connectivity index (χ1n) is 5.29. The van der Waals surface area contributed by atoms with Gasteiger partial charge in [0.25, 0.3) is 0 Å². The van der Waals surface area contributed by atoms with Gasteiger partial charge in [0, 0.05) is 0 Å². The summed E-state index contributed by atoms with van der Waals surface area (Å²) in [6.07, 6.45) is -3.69. The molecule has 1 rings (SSSR count). The van der Waals surface area contributed by atoms with E-state index < -0.39 is 11.7 Å². The molecule has 1 atom stereocenters. The van der Waals surface area contributed by atoms with Crippen LogP contribution in [0.2, 0.25) is 0 Å². The van der Waals surface area contributed by atoms with Gasteiger partial charge in [-0.05, 0) is 42.1 Å². The Labute approximate surface area is 93.5 Å². The molecular formula is C12H16F3N. The van der Waals surface area contributed by atoms with Crippen LogP contribution in [0.25, 0.3) is 0 Å². The van der Waals surface area contributed by atoms with E-state index in [1.807, 2.05) is 13.8 Å². The molecule has 16 heavy (non-hydrogen) atoms. The van der Waals surface area contributed by atoms with E-state index in [4.69, 9.17) is 5.73 Å². The van der Waals surface area contributed by atoms with E-state index in [2.05, 4.69) is 0 Å². The van der Waals surface area contributed by atoms with Gasteiger partial charge in [-0.2, -0.15) is 13.2 Å². The molecule has 0 saturated heterocycles. The first kappa shape index (κ1) is 13.0. The monoisotopic (exact) mass is 231 g/mol. The van der Waals surface area contributed by atoms with Gasteiger partial charge in [-0.25, -0.2) is 0 Å². The van der Waals surface area contributed by atoms with E-state index in [9.17, 15) is 13.2 Å². The molecule has 0 radical (unpaired) electrons. The quantitative estimate of drug-likeness (QED) is 0.848. The minimum Gasteiger partial charge on any atom is -0.330 e. The number of alkyl halides is 3. The number of rotatable bonds is 3. The highest BCUT2D eigenvalue weighted by Crippen LogP contribution is 2.32. The fourth-order valence-electron chi connectivity index (χ4n) is 1.51. The van der Waals surface area contributed by atoms with Crippen molar-refractivity contribution in [1.82, 2.24) is 0 Å². The summed E-state index contributed by atoms with van der Waals surface area (Å²) in [5.41, 5.74) is 6.25. The van der Waals surface area contributed by atoms with E-state index in [0.717, 1.165) is 0 Å². The smallest absolute Gasteiger partial charge is 0.330 e. The summed E-state index contributed by atoms with van der Waals surface area (Å²) in [7, 11) is 0. The van der Waals surface area contributed by atoms with Gasteiger partial charge in [0.05, 0.1) is 5.56 Å². The summed E-state index contributed by atoms with van der Waals surface area (Å²) in [6, 6.07) is 4.19. The number of nitrogens with two attached hydrogens (primary N) is 1. The highest BCUT2D eigenvalue weighted by atomic mass is 19.4. The Hall–Kier alpha value is -1.03. The van der Waals surface area contributed by atoms with Gasteiger partial charge in [0.15, 0.2) is 0 Å². The average molecular weight is 231 g/mol. The zero-order valence-electron chi connectivity index (χ0n) is 9.43. The molecule has 1 aromatic rings. The van der Waals surface area contributed by atoms with E-state index in [1.165, 1.54) is 12.1 Å². The molecule has 90 valence electrons. The van der Waals surface area contributed by atoms with Crippen molar-refractivity contribution in [2.75, 3.05) is 6.54 Å². The molecule has 0 heterocycles. The second-order valence-corrected chi connectivity index (χ2v) is 3.95. The van der Waals surface area contributed by atoms with Crippen molar-refractivity contribution in [2.24, 2.45) is 5.73 Å². The third kappa shape index (κ3) is 2.98. The fourth-order valence-corrected chi connectivity index (χ4v) is 1.51. The highest BCUT2D eigenvalue weighted by Gasteiger charge is 2.31. The van der Waals surface area contributed by atoms with Gasteiger partial charge in [0.1, 0.15) is 0 Å². The van der Waals surface area contributed by atoms with Crippen LogP contribution in [-0.2, 0) is 12.6 Å². The van der Waals surface area contributed by atoms with E-state index >= 15 is 0 Å². The molecule has 0 aliphatic heterocycles. The maximum atomic E-state index is 12.6. The number of aryl methyl sites for hydroxylation is 1. The van der Waals surface area contributed by atoms with Crippen molar-refractivity contribution in [1.29, 1.82) is 0 Å². The molecule has 0 aliphatic rings. The molecule has 0 aromatic heterocycles. The van der Waals surface area contributed by atoms with Gasteiger partial charge >= 0.3 is 6.18 Å². The normalized spacial score (nSPS) is 13.9. The van der Waals surface area contributed by atoms with Gasteiger partial charge in [-0.15, -0.1) is 0 Å². The lowest BCUT2D eigenvalue weighted by atomic mass is 9.95. The number of hydrogen-bond acceptors (Lipinski definition) is 1. The molecule has 2 N–H and O–H groups in total. The van der Waals surface area contributed by atoms with Crippen molar-refractivity contribution < 1.29 is 13.2 Å². The molecule has 0 aliphatic carbocycles. The molecule has 0 amide bonds. The van der Waals surface area contributed by atoms with Crippen LogP contribution in [0.5, 0.6) is 0 Å². The predicted octanol–water partition coefficient (Wildman–Crippen LogP) is 3.33. The standard InChI is InChI=1S/C12H16F3N/c1-3-9-4-10(8(2)7-16)6-11(5-9)12(13,14)15/h4-6,8H,3,7,16H2,1-2H3. The molecule has 1 nitrogen and oxygen atoms in total. The maximum absolute atomic E-state index is 12.6. The minimum absolute atomic E-state index is 0.0485. The predicted molar refractivity (Wildman–Crippen MR) is 58.3 cm³/mol. The summed E-state index contributed by atoms with van der Waals surface area (Å²) in [4.78, 5) is 0. The van der Waals surface area contributed by atoms with Crippen LogP contribution in [0.1, 0.15) is 36.5 Å². The molecule has 0 spiro atoms. The van der Waals surface area contributed by atoms with Crippen LogP contribution in [0.15, 0.2) is 18.2 Å². The van der Waals surface area contributed by atoms with Gasteiger partial charge in [-0.1, -0.05) is 19.9 Å². The lowest BCUT2D eigenvalue weighted by Gasteiger charge is -2.15. The Morgan fingerprint density at radius 2 is 1.88 bits per heavy atom. The summed E-state index contributed by atoms with van der Waals surface area (Å²) in [5.74, 6) is -0.0485. The minimum atomic E-state index is -4.28. The number of hydrogen-bond donors (Lipinski definition) is 1. The Bertz CT molecular complexity index is 358. The first-order chi connectivity index (χ1) is 7.38. The Kier molecular flexibility index (Phi) is 3.97. The lowest BCUT2D eigenvalue weighted by molar-refractivity contribution is -0.137. The fraction of sp³-hybridized carbons (Fsp3) is 0.500. The van der Waals surface area contributed by atoms with Crippen LogP contribution in [0.4, 0.5) is 13.2 Å². The largest absolute Gasteiger partial charge is 0.416 e. The van der Waals surface area contributed by atoms with Crippen molar-refractivity contribution in [2.45, 2.75) is 32.4 Å². The second-order valence-electron chi connectivity index (χ2n) is 3.95. The van der Waals surface area contributed by atoms with Crippen LogP contribution >= 0.6 is 0 Å². The molecular weight excluding hydrogens is 215 g/mol. The van der Waals surface area contributed by atoms with E-state index in [1.54, 1.807) is 6.07 Å². The Morgan fingerprint density at radius 1 is 1.25 bits per heavy atom. The summed E-state index contributed by atoms with van der Waals surface area (Å²) < 4.78 is 37.9. The average Bonchev–Trinajstić information content (AvgIpc) is 2.26. The van der Waals surface area contributed by atoms with Crippen molar-refractivity contribution >= 4 is 0 Å². The SMILES string of the molecule is CCc1cc(C(C)CN)cc(C(F)(F)F)c1. The Balaban J connectivity index is 3.21. The zero-order chi connectivity index (χ0) is 12.3. The van der Waals surface area contributed by atoms with Crippen LogP contribution in [0, 0.1) is 0 Å². The molecule has 1 aromatic carbocycles. The van der Waals surface area contributed by atoms with Crippen molar-refractivity contribution in [3.63, 3.8) is 0 Å². The third-order valence-electron chi connectivity index (χ3n) is 2.67. The zero-order valence-corrected chi connectivity index (χ0v) is 9.43. The molecule has 0 bridgehead atoms. The third-order valence-corrected chi connectivity index (χ3v) is 2.67. The van der Waals surface area contributed by atoms with Crippen molar-refractivity contribution in [3.05, 3.63) is 34.9 Å². The molecule has 1 unspecified atom stereocenters. The number of halogens is 3. The van der Waals surface area contributed by atoms with Gasteiger partial charge in [-0.3, -0.25) is 0 Å². The summed E-state index contributed by atoms with van der Waals surface area (Å²) in [5, 5.41) is 0. The Morgan fingerprint density at radius 3 is 2.31 bits per heavy atom. The first-order valence-corrected chi connectivity index (χ1v) is 5.29. The number of benzene rings is 1. The topological polar surface area (TPSA) is 26.0 Å². The summed E-state index contributed by atoms with van der Waals surface area (Å²) in [6.45, 7) is 4.02. The second kappa shape index (κ2) is 4.87.